The molecular weight excluding hydrogens is 354 g/mol. The minimum atomic E-state index is -1.20. The first-order valence-electron chi connectivity index (χ1n) is 9.63. The third-order valence-electron chi connectivity index (χ3n) is 5.74. The molecule has 144 valence electrons. The van der Waals surface area contributed by atoms with Crippen LogP contribution in [0.25, 0.3) is 22.2 Å². The van der Waals surface area contributed by atoms with Crippen molar-refractivity contribution >= 4 is 23.2 Å². The Hall–Kier alpha value is -3.08. The number of aromatic amines is 1. The van der Waals surface area contributed by atoms with Gasteiger partial charge in [0.05, 0.1) is 18.8 Å². The van der Waals surface area contributed by atoms with Crippen molar-refractivity contribution < 1.29 is 19.4 Å². The van der Waals surface area contributed by atoms with Crippen molar-refractivity contribution in [1.82, 2.24) is 4.98 Å². The second-order valence-corrected chi connectivity index (χ2v) is 7.37. The molecule has 0 radical (unpaired) electrons. The third-order valence-corrected chi connectivity index (χ3v) is 5.74. The molecule has 1 aliphatic carbocycles. The molecule has 1 heterocycles. The van der Waals surface area contributed by atoms with Crippen molar-refractivity contribution in [1.29, 1.82) is 0 Å². The molecule has 0 spiro atoms. The molecule has 0 bridgehead atoms. The molecule has 5 heteroatoms. The predicted octanol–water partition coefficient (Wildman–Crippen LogP) is 4.07. The SMILES string of the molecule is COc1ccc(-c2[nH]c3cc(C(=O)[O-])ccc3c2C2CCCCC2)c(C=O)c1. The van der Waals surface area contributed by atoms with Gasteiger partial charge in [-0.3, -0.25) is 4.79 Å². The highest BCUT2D eigenvalue weighted by Crippen LogP contribution is 2.43. The van der Waals surface area contributed by atoms with E-state index in [0.29, 0.717) is 17.2 Å². The van der Waals surface area contributed by atoms with Crippen LogP contribution in [0.4, 0.5) is 0 Å². The van der Waals surface area contributed by atoms with Crippen LogP contribution in [0, 0.1) is 0 Å². The molecule has 1 saturated carbocycles. The summed E-state index contributed by atoms with van der Waals surface area (Å²) in [6, 6.07) is 10.5. The number of carbonyl (C=O) groups excluding carboxylic acids is 2. The average molecular weight is 376 g/mol. The molecule has 1 aromatic heterocycles. The van der Waals surface area contributed by atoms with Crippen LogP contribution in [0.15, 0.2) is 36.4 Å². The summed E-state index contributed by atoms with van der Waals surface area (Å²) in [4.78, 5) is 26.4. The van der Waals surface area contributed by atoms with Crippen molar-refractivity contribution in [2.75, 3.05) is 7.11 Å². The zero-order valence-electron chi connectivity index (χ0n) is 15.8. The lowest BCUT2D eigenvalue weighted by molar-refractivity contribution is -0.255. The first kappa shape index (κ1) is 18.3. The Morgan fingerprint density at radius 2 is 1.93 bits per heavy atom. The number of H-pyrrole nitrogens is 1. The molecule has 1 fully saturated rings. The van der Waals surface area contributed by atoms with Crippen LogP contribution in [-0.4, -0.2) is 24.3 Å². The minimum absolute atomic E-state index is 0.140. The molecule has 0 aliphatic heterocycles. The number of ether oxygens (including phenoxy) is 1. The van der Waals surface area contributed by atoms with Gasteiger partial charge < -0.3 is 19.6 Å². The van der Waals surface area contributed by atoms with Crippen LogP contribution in [0.2, 0.25) is 0 Å². The van der Waals surface area contributed by atoms with E-state index in [-0.39, 0.29) is 5.56 Å². The molecule has 3 aromatic rings. The fourth-order valence-electron chi connectivity index (χ4n) is 4.37. The summed E-state index contributed by atoms with van der Waals surface area (Å²) in [6.07, 6.45) is 6.61. The van der Waals surface area contributed by atoms with Crippen molar-refractivity contribution in [3.8, 4) is 17.0 Å². The molecule has 1 N–H and O–H groups in total. The number of nitrogens with one attached hydrogen (secondary N) is 1. The van der Waals surface area contributed by atoms with Crippen molar-refractivity contribution in [3.05, 3.63) is 53.1 Å². The number of methoxy groups -OCH3 is 1. The number of aromatic carboxylic acids is 1. The molecule has 4 rings (SSSR count). The zero-order valence-corrected chi connectivity index (χ0v) is 15.8. The number of benzene rings is 2. The maximum absolute atomic E-state index is 11.8. The maximum atomic E-state index is 11.8. The fraction of sp³-hybridized carbons (Fsp3) is 0.304. The quantitative estimate of drug-likeness (QED) is 0.681. The van der Waals surface area contributed by atoms with Crippen LogP contribution in [0.3, 0.4) is 0 Å². The molecule has 28 heavy (non-hydrogen) atoms. The Kier molecular flexibility index (Phi) is 4.90. The number of carbonyl (C=O) groups is 2. The van der Waals surface area contributed by atoms with Gasteiger partial charge in [-0.05, 0) is 54.2 Å². The monoisotopic (exact) mass is 376 g/mol. The molecule has 2 aromatic carbocycles. The lowest BCUT2D eigenvalue weighted by Gasteiger charge is -2.23. The van der Waals surface area contributed by atoms with E-state index in [1.807, 2.05) is 18.2 Å². The summed E-state index contributed by atoms with van der Waals surface area (Å²) >= 11 is 0. The normalized spacial score (nSPS) is 14.9. The number of hydrogen-bond acceptors (Lipinski definition) is 4. The first-order valence-corrected chi connectivity index (χ1v) is 9.63. The van der Waals surface area contributed by atoms with E-state index < -0.39 is 5.97 Å². The van der Waals surface area contributed by atoms with E-state index in [0.717, 1.165) is 41.3 Å². The van der Waals surface area contributed by atoms with Crippen molar-refractivity contribution in [3.63, 3.8) is 0 Å². The Labute approximate surface area is 163 Å². The van der Waals surface area contributed by atoms with Gasteiger partial charge >= 0.3 is 0 Å². The largest absolute Gasteiger partial charge is 0.545 e. The van der Waals surface area contributed by atoms with Crippen LogP contribution in [0.5, 0.6) is 5.75 Å². The molecule has 5 nitrogen and oxygen atoms in total. The highest BCUT2D eigenvalue weighted by Gasteiger charge is 2.25. The Bertz CT molecular complexity index is 1040. The number of hydrogen-bond donors (Lipinski definition) is 1. The Balaban J connectivity index is 1.96. The van der Waals surface area contributed by atoms with Crippen LogP contribution in [0.1, 0.15) is 64.3 Å². The number of aldehydes is 1. The van der Waals surface area contributed by atoms with E-state index in [9.17, 15) is 14.7 Å². The van der Waals surface area contributed by atoms with E-state index >= 15 is 0 Å². The minimum Gasteiger partial charge on any atom is -0.545 e. The van der Waals surface area contributed by atoms with Gasteiger partial charge in [-0.25, -0.2) is 0 Å². The average Bonchev–Trinajstić information content (AvgIpc) is 3.12. The third kappa shape index (κ3) is 3.17. The highest BCUT2D eigenvalue weighted by molar-refractivity contribution is 5.99. The number of carboxylic acids is 1. The van der Waals surface area contributed by atoms with Crippen molar-refractivity contribution in [2.24, 2.45) is 0 Å². The van der Waals surface area contributed by atoms with Crippen LogP contribution < -0.4 is 9.84 Å². The summed E-state index contributed by atoms with van der Waals surface area (Å²) in [5.41, 5.74) is 4.31. The second kappa shape index (κ2) is 7.50. The number of fused-ring (bicyclic) bond motifs is 1. The molecule has 0 unspecified atom stereocenters. The van der Waals surface area contributed by atoms with Crippen LogP contribution >= 0.6 is 0 Å². The molecule has 0 amide bonds. The maximum Gasteiger partial charge on any atom is 0.150 e. The zero-order chi connectivity index (χ0) is 19.7. The van der Waals surface area contributed by atoms with Gasteiger partial charge in [-0.2, -0.15) is 0 Å². The van der Waals surface area contributed by atoms with E-state index in [1.165, 1.54) is 24.8 Å². The summed E-state index contributed by atoms with van der Waals surface area (Å²) in [7, 11) is 1.57. The predicted molar refractivity (Wildman–Crippen MR) is 106 cm³/mol. The fourth-order valence-corrected chi connectivity index (χ4v) is 4.37. The Morgan fingerprint density at radius 3 is 2.61 bits per heavy atom. The molecule has 1 aliphatic rings. The van der Waals surface area contributed by atoms with Gasteiger partial charge in [0.25, 0.3) is 0 Å². The van der Waals surface area contributed by atoms with E-state index in [4.69, 9.17) is 4.74 Å². The van der Waals surface area contributed by atoms with E-state index in [2.05, 4.69) is 4.98 Å². The first-order chi connectivity index (χ1) is 13.6. The summed E-state index contributed by atoms with van der Waals surface area (Å²) in [5.74, 6) is -0.191. The van der Waals surface area contributed by atoms with Gasteiger partial charge in [-0.1, -0.05) is 31.4 Å². The number of rotatable bonds is 5. The van der Waals surface area contributed by atoms with Gasteiger partial charge in [-0.15, -0.1) is 0 Å². The van der Waals surface area contributed by atoms with Crippen LogP contribution in [-0.2, 0) is 0 Å². The van der Waals surface area contributed by atoms with Gasteiger partial charge in [0, 0.05) is 22.0 Å². The lowest BCUT2D eigenvalue weighted by atomic mass is 9.81. The standard InChI is InChI=1S/C23H23NO4/c1-28-17-8-10-18(16(11-17)13-25)22-21(14-5-3-2-4-6-14)19-9-7-15(23(26)27)12-20(19)24-22/h7-14,24H,2-6H2,1H3,(H,26,27)/p-1. The second-order valence-electron chi connectivity index (χ2n) is 7.37. The topological polar surface area (TPSA) is 82.2 Å². The van der Waals surface area contributed by atoms with Gasteiger partial charge in [0.1, 0.15) is 5.75 Å². The molecule has 0 atom stereocenters. The summed E-state index contributed by atoms with van der Waals surface area (Å²) in [5, 5.41) is 12.3. The van der Waals surface area contributed by atoms with Gasteiger partial charge in [0.15, 0.2) is 6.29 Å². The summed E-state index contributed by atoms with van der Waals surface area (Å²) < 4.78 is 5.25. The summed E-state index contributed by atoms with van der Waals surface area (Å²) in [6.45, 7) is 0. The van der Waals surface area contributed by atoms with Gasteiger partial charge in [0.2, 0.25) is 0 Å². The molecule has 0 saturated heterocycles. The van der Waals surface area contributed by atoms with Crippen molar-refractivity contribution in [2.45, 2.75) is 38.0 Å². The molecular formula is C23H22NO4-. The van der Waals surface area contributed by atoms with E-state index in [1.54, 1.807) is 25.3 Å². The number of aromatic nitrogens is 1. The smallest absolute Gasteiger partial charge is 0.150 e. The Morgan fingerprint density at radius 1 is 1.14 bits per heavy atom. The highest BCUT2D eigenvalue weighted by atomic mass is 16.5. The lowest BCUT2D eigenvalue weighted by Crippen LogP contribution is -2.21. The number of carboxylic acid groups (broad SMARTS) is 1.